The van der Waals surface area contributed by atoms with Crippen molar-refractivity contribution < 1.29 is 9.59 Å². The first kappa shape index (κ1) is 18.4. The van der Waals surface area contributed by atoms with Gasteiger partial charge in [0.1, 0.15) is 5.01 Å². The van der Waals surface area contributed by atoms with Gasteiger partial charge in [0.15, 0.2) is 0 Å². The number of anilines is 1. The number of benzene rings is 1. The predicted molar refractivity (Wildman–Crippen MR) is 95.5 cm³/mol. The maximum atomic E-state index is 12.0. The summed E-state index contributed by atoms with van der Waals surface area (Å²) in [7, 11) is 0. The van der Waals surface area contributed by atoms with Crippen LogP contribution in [0.1, 0.15) is 35.6 Å². The first-order chi connectivity index (χ1) is 11.5. The van der Waals surface area contributed by atoms with Crippen LogP contribution < -0.4 is 10.6 Å². The summed E-state index contributed by atoms with van der Waals surface area (Å²) in [6, 6.07) is 6.88. The first-order valence-corrected chi connectivity index (χ1v) is 8.86. The van der Waals surface area contributed by atoms with Gasteiger partial charge in [-0.05, 0) is 18.6 Å². The molecule has 0 saturated carbocycles. The zero-order valence-corrected chi connectivity index (χ0v) is 15.1. The van der Waals surface area contributed by atoms with E-state index in [0.29, 0.717) is 28.7 Å². The van der Waals surface area contributed by atoms with E-state index in [1.807, 2.05) is 13.8 Å². The maximum absolute atomic E-state index is 12.0. The molecule has 2 rings (SSSR count). The molecule has 0 aliphatic carbocycles. The van der Waals surface area contributed by atoms with E-state index in [0.717, 1.165) is 11.4 Å². The Morgan fingerprint density at radius 2 is 2.04 bits per heavy atom. The lowest BCUT2D eigenvalue weighted by atomic mass is 10.1. The van der Waals surface area contributed by atoms with Crippen LogP contribution in [0.2, 0.25) is 5.02 Å². The molecule has 1 aromatic heterocycles. The van der Waals surface area contributed by atoms with Gasteiger partial charge in [-0.1, -0.05) is 48.9 Å². The zero-order valence-electron chi connectivity index (χ0n) is 13.5. The van der Waals surface area contributed by atoms with E-state index in [4.69, 9.17) is 11.6 Å². The van der Waals surface area contributed by atoms with Crippen LogP contribution in [0.25, 0.3) is 0 Å². The molecule has 2 N–H and O–H groups in total. The number of amides is 2. The number of nitrogens with one attached hydrogen (secondary N) is 2. The van der Waals surface area contributed by atoms with Crippen molar-refractivity contribution in [3.05, 3.63) is 39.9 Å². The average Bonchev–Trinajstić information content (AvgIpc) is 3.01. The molecule has 0 fully saturated rings. The molecule has 1 unspecified atom stereocenters. The lowest BCUT2D eigenvalue weighted by Crippen LogP contribution is -2.25. The fraction of sp³-hybridized carbons (Fsp3) is 0.375. The van der Waals surface area contributed by atoms with Crippen molar-refractivity contribution in [1.29, 1.82) is 0 Å². The fourth-order valence-electron chi connectivity index (χ4n) is 1.84. The zero-order chi connectivity index (χ0) is 17.5. The number of rotatable bonds is 7. The van der Waals surface area contributed by atoms with Gasteiger partial charge in [-0.3, -0.25) is 9.59 Å². The summed E-state index contributed by atoms with van der Waals surface area (Å²) in [6.07, 6.45) is 1.30. The predicted octanol–water partition coefficient (Wildman–Crippen LogP) is 3.15. The van der Waals surface area contributed by atoms with Gasteiger partial charge in [0.05, 0.1) is 10.6 Å². The standard InChI is InChI=1S/C16H19ClN4O2S/c1-3-10(2)14(22)19-16-21-20-13(24-16)8-9-18-15(23)11-6-4-5-7-12(11)17/h4-7,10H,3,8-9H2,1-2H3,(H,18,23)(H,19,21,22). The molecule has 2 aromatic rings. The van der Waals surface area contributed by atoms with Gasteiger partial charge in [-0.2, -0.15) is 0 Å². The van der Waals surface area contributed by atoms with Crippen molar-refractivity contribution >= 4 is 39.9 Å². The van der Waals surface area contributed by atoms with E-state index in [1.54, 1.807) is 24.3 Å². The highest BCUT2D eigenvalue weighted by atomic mass is 35.5. The topological polar surface area (TPSA) is 84.0 Å². The smallest absolute Gasteiger partial charge is 0.252 e. The van der Waals surface area contributed by atoms with E-state index in [1.165, 1.54) is 11.3 Å². The largest absolute Gasteiger partial charge is 0.352 e. The highest BCUT2D eigenvalue weighted by molar-refractivity contribution is 7.15. The SMILES string of the molecule is CCC(C)C(=O)Nc1nnc(CCNC(=O)c2ccccc2Cl)s1. The van der Waals surface area contributed by atoms with Gasteiger partial charge in [0, 0.05) is 18.9 Å². The molecule has 0 saturated heterocycles. The molecular weight excluding hydrogens is 348 g/mol. The van der Waals surface area contributed by atoms with Crippen molar-refractivity contribution in [2.45, 2.75) is 26.7 Å². The second kappa shape index (κ2) is 8.75. The molecule has 0 spiro atoms. The summed E-state index contributed by atoms with van der Waals surface area (Å²) in [5.74, 6) is -0.352. The van der Waals surface area contributed by atoms with Crippen molar-refractivity contribution in [1.82, 2.24) is 15.5 Å². The minimum absolute atomic E-state index is 0.0627. The summed E-state index contributed by atoms with van der Waals surface area (Å²) < 4.78 is 0. The summed E-state index contributed by atoms with van der Waals surface area (Å²) >= 11 is 7.29. The molecule has 128 valence electrons. The summed E-state index contributed by atoms with van der Waals surface area (Å²) in [6.45, 7) is 4.23. The van der Waals surface area contributed by atoms with Gasteiger partial charge in [0.25, 0.3) is 5.91 Å². The summed E-state index contributed by atoms with van der Waals surface area (Å²) in [5, 5.41) is 15.1. The van der Waals surface area contributed by atoms with Gasteiger partial charge in [-0.15, -0.1) is 10.2 Å². The minimum Gasteiger partial charge on any atom is -0.352 e. The quantitative estimate of drug-likeness (QED) is 0.788. The molecule has 6 nitrogen and oxygen atoms in total. The third kappa shape index (κ3) is 5.01. The fourth-order valence-corrected chi connectivity index (χ4v) is 2.81. The van der Waals surface area contributed by atoms with Crippen LogP contribution in [0.5, 0.6) is 0 Å². The number of nitrogens with zero attached hydrogens (tertiary/aromatic N) is 2. The highest BCUT2D eigenvalue weighted by Gasteiger charge is 2.14. The van der Waals surface area contributed by atoms with E-state index in [-0.39, 0.29) is 17.7 Å². The first-order valence-electron chi connectivity index (χ1n) is 7.67. The number of hydrogen-bond donors (Lipinski definition) is 2. The molecule has 0 radical (unpaired) electrons. The normalized spacial score (nSPS) is 11.8. The molecule has 0 bridgehead atoms. The Kier molecular flexibility index (Phi) is 6.69. The second-order valence-electron chi connectivity index (χ2n) is 5.29. The van der Waals surface area contributed by atoms with Crippen molar-refractivity contribution in [3.8, 4) is 0 Å². The van der Waals surface area contributed by atoms with E-state index >= 15 is 0 Å². The monoisotopic (exact) mass is 366 g/mol. The third-order valence-corrected chi connectivity index (χ3v) is 4.73. The third-order valence-electron chi connectivity index (χ3n) is 3.50. The number of aromatic nitrogens is 2. The lowest BCUT2D eigenvalue weighted by molar-refractivity contribution is -0.119. The Morgan fingerprint density at radius 1 is 1.29 bits per heavy atom. The van der Waals surface area contributed by atoms with Crippen LogP contribution in [0.15, 0.2) is 24.3 Å². The molecule has 8 heteroatoms. The molecule has 24 heavy (non-hydrogen) atoms. The molecule has 0 aliphatic heterocycles. The Hall–Kier alpha value is -1.99. The molecule has 1 aromatic carbocycles. The Labute approximate surface area is 149 Å². The molecule has 1 atom stereocenters. The molecule has 0 aliphatic rings. The van der Waals surface area contributed by atoms with Crippen LogP contribution in [0.4, 0.5) is 5.13 Å². The van der Waals surface area contributed by atoms with E-state index in [9.17, 15) is 9.59 Å². The number of carbonyl (C=O) groups excluding carboxylic acids is 2. The van der Waals surface area contributed by atoms with Gasteiger partial charge >= 0.3 is 0 Å². The highest BCUT2D eigenvalue weighted by Crippen LogP contribution is 2.17. The van der Waals surface area contributed by atoms with Crippen LogP contribution >= 0.6 is 22.9 Å². The lowest BCUT2D eigenvalue weighted by Gasteiger charge is -2.06. The second-order valence-corrected chi connectivity index (χ2v) is 6.75. The van der Waals surface area contributed by atoms with Crippen LogP contribution in [-0.2, 0) is 11.2 Å². The number of halogens is 1. The maximum Gasteiger partial charge on any atom is 0.252 e. The van der Waals surface area contributed by atoms with Crippen molar-refractivity contribution in [2.75, 3.05) is 11.9 Å². The van der Waals surface area contributed by atoms with Crippen LogP contribution in [-0.4, -0.2) is 28.6 Å². The Balaban J connectivity index is 1.82. The van der Waals surface area contributed by atoms with Crippen molar-refractivity contribution in [3.63, 3.8) is 0 Å². The molecule has 2 amide bonds. The van der Waals surface area contributed by atoms with Crippen LogP contribution in [0, 0.1) is 5.92 Å². The van der Waals surface area contributed by atoms with Gasteiger partial charge < -0.3 is 10.6 Å². The van der Waals surface area contributed by atoms with Crippen molar-refractivity contribution in [2.24, 2.45) is 5.92 Å². The minimum atomic E-state index is -0.226. The Morgan fingerprint density at radius 3 is 2.75 bits per heavy atom. The number of hydrogen-bond acceptors (Lipinski definition) is 5. The molecular formula is C16H19ClN4O2S. The van der Waals surface area contributed by atoms with Crippen LogP contribution in [0.3, 0.4) is 0 Å². The van der Waals surface area contributed by atoms with E-state index < -0.39 is 0 Å². The Bertz CT molecular complexity index is 720. The van der Waals surface area contributed by atoms with Gasteiger partial charge in [0.2, 0.25) is 11.0 Å². The summed E-state index contributed by atoms with van der Waals surface area (Å²) in [4.78, 5) is 23.8. The van der Waals surface area contributed by atoms with E-state index in [2.05, 4.69) is 20.8 Å². The average molecular weight is 367 g/mol. The summed E-state index contributed by atoms with van der Waals surface area (Å²) in [5.41, 5.74) is 0.443. The molecule has 1 heterocycles. The van der Waals surface area contributed by atoms with Gasteiger partial charge in [-0.25, -0.2) is 0 Å². The number of carbonyl (C=O) groups is 2.